The monoisotopic (exact) mass is 351 g/mol. The van der Waals surface area contributed by atoms with Gasteiger partial charge in [0.2, 0.25) is 0 Å². The second kappa shape index (κ2) is 6.71. The van der Waals surface area contributed by atoms with Crippen molar-refractivity contribution in [2.45, 2.75) is 6.92 Å². The van der Waals surface area contributed by atoms with E-state index in [9.17, 15) is 9.59 Å². The number of carbonyl (C=O) groups excluding carboxylic acids is 2. The molecular weight excluding hydrogens is 330 g/mol. The van der Waals surface area contributed by atoms with Crippen LogP contribution >= 0.6 is 0 Å². The third-order valence-corrected chi connectivity index (χ3v) is 4.80. The van der Waals surface area contributed by atoms with Crippen LogP contribution in [0.4, 0.5) is 11.4 Å². The van der Waals surface area contributed by atoms with Crippen LogP contribution < -0.4 is 15.0 Å². The predicted molar refractivity (Wildman–Crippen MR) is 99.9 cm³/mol. The molecule has 6 nitrogen and oxygen atoms in total. The topological polar surface area (TPSA) is 61.9 Å². The number of amides is 2. The van der Waals surface area contributed by atoms with E-state index < -0.39 is 0 Å². The average molecular weight is 351 g/mol. The third-order valence-electron chi connectivity index (χ3n) is 4.80. The lowest BCUT2D eigenvalue weighted by atomic mass is 10.1. The normalized spacial score (nSPS) is 16.6. The highest BCUT2D eigenvalue weighted by Gasteiger charge is 2.24. The Morgan fingerprint density at radius 3 is 2.65 bits per heavy atom. The van der Waals surface area contributed by atoms with Crippen LogP contribution in [0.2, 0.25) is 0 Å². The van der Waals surface area contributed by atoms with Gasteiger partial charge in [-0.3, -0.25) is 9.59 Å². The Kier molecular flexibility index (Phi) is 4.24. The Morgan fingerprint density at radius 1 is 1.08 bits per heavy atom. The van der Waals surface area contributed by atoms with Crippen LogP contribution in [0.25, 0.3) is 0 Å². The molecular formula is C20H21N3O3. The summed E-state index contributed by atoms with van der Waals surface area (Å²) in [5, 5.41) is 2.74. The lowest BCUT2D eigenvalue weighted by Gasteiger charge is -2.36. The maximum absolute atomic E-state index is 12.8. The zero-order valence-corrected chi connectivity index (χ0v) is 14.7. The van der Waals surface area contributed by atoms with Crippen molar-refractivity contribution < 1.29 is 14.3 Å². The van der Waals surface area contributed by atoms with E-state index in [1.54, 1.807) is 18.2 Å². The van der Waals surface area contributed by atoms with Crippen molar-refractivity contribution in [2.75, 3.05) is 43.0 Å². The van der Waals surface area contributed by atoms with Gasteiger partial charge in [-0.2, -0.15) is 0 Å². The maximum atomic E-state index is 12.8. The van der Waals surface area contributed by atoms with Crippen LogP contribution in [0.15, 0.2) is 42.5 Å². The fourth-order valence-corrected chi connectivity index (χ4v) is 3.38. The largest absolute Gasteiger partial charge is 0.482 e. The summed E-state index contributed by atoms with van der Waals surface area (Å²) in [6.45, 7) is 5.06. The summed E-state index contributed by atoms with van der Waals surface area (Å²) in [7, 11) is 0. The average Bonchev–Trinajstić information content (AvgIpc) is 2.67. The van der Waals surface area contributed by atoms with Crippen molar-refractivity contribution in [3.8, 4) is 5.75 Å². The first kappa shape index (κ1) is 16.4. The number of aryl methyl sites for hydroxylation is 1. The summed E-state index contributed by atoms with van der Waals surface area (Å²) in [5.74, 6) is 0.370. The van der Waals surface area contributed by atoms with Gasteiger partial charge in [0, 0.05) is 37.4 Å². The molecule has 0 bridgehead atoms. The lowest BCUT2D eigenvalue weighted by molar-refractivity contribution is -0.118. The summed E-state index contributed by atoms with van der Waals surface area (Å²) in [6, 6.07) is 13.6. The van der Waals surface area contributed by atoms with E-state index in [1.807, 2.05) is 4.90 Å². The standard InChI is InChI=1S/C20H21N3O3/c1-14-3-2-4-16(11-14)22-7-9-23(10-8-22)20(25)15-5-6-17-18(12-15)26-13-19(24)21-17/h2-6,11-12H,7-10,13H2,1H3,(H,21,24). The van der Waals surface area contributed by atoms with E-state index >= 15 is 0 Å². The first-order valence-electron chi connectivity index (χ1n) is 8.78. The van der Waals surface area contributed by atoms with E-state index in [1.165, 1.54) is 11.3 Å². The zero-order chi connectivity index (χ0) is 18.1. The van der Waals surface area contributed by atoms with Gasteiger partial charge in [-0.05, 0) is 42.8 Å². The van der Waals surface area contributed by atoms with Crippen molar-refractivity contribution in [3.63, 3.8) is 0 Å². The number of hydrogen-bond donors (Lipinski definition) is 1. The van der Waals surface area contributed by atoms with Gasteiger partial charge in [-0.1, -0.05) is 12.1 Å². The molecule has 0 unspecified atom stereocenters. The molecule has 134 valence electrons. The van der Waals surface area contributed by atoms with Gasteiger partial charge in [0.25, 0.3) is 11.8 Å². The summed E-state index contributed by atoms with van der Waals surface area (Å²) in [4.78, 5) is 28.3. The number of nitrogens with zero attached hydrogens (tertiary/aromatic N) is 2. The highest BCUT2D eigenvalue weighted by Crippen LogP contribution is 2.29. The van der Waals surface area contributed by atoms with E-state index in [0.717, 1.165) is 13.1 Å². The molecule has 2 heterocycles. The number of piperazine rings is 1. The maximum Gasteiger partial charge on any atom is 0.262 e. The van der Waals surface area contributed by atoms with Crippen LogP contribution in [0.3, 0.4) is 0 Å². The molecule has 2 aromatic carbocycles. The second-order valence-electron chi connectivity index (χ2n) is 6.67. The van der Waals surface area contributed by atoms with Crippen LogP contribution in [-0.4, -0.2) is 49.5 Å². The third kappa shape index (κ3) is 3.22. The fraction of sp³-hybridized carbons (Fsp3) is 0.300. The van der Waals surface area contributed by atoms with Crippen molar-refractivity contribution in [3.05, 3.63) is 53.6 Å². The number of ether oxygens (including phenoxy) is 1. The molecule has 0 atom stereocenters. The highest BCUT2D eigenvalue weighted by atomic mass is 16.5. The molecule has 2 amide bonds. The molecule has 2 aromatic rings. The van der Waals surface area contributed by atoms with Gasteiger partial charge in [-0.15, -0.1) is 0 Å². The minimum Gasteiger partial charge on any atom is -0.482 e. The smallest absolute Gasteiger partial charge is 0.262 e. The van der Waals surface area contributed by atoms with Gasteiger partial charge in [0.15, 0.2) is 6.61 Å². The molecule has 1 N–H and O–H groups in total. The molecule has 6 heteroatoms. The number of fused-ring (bicyclic) bond motifs is 1. The summed E-state index contributed by atoms with van der Waals surface area (Å²) in [5.41, 5.74) is 3.64. The molecule has 2 aliphatic heterocycles. The number of hydrogen-bond acceptors (Lipinski definition) is 4. The van der Waals surface area contributed by atoms with Gasteiger partial charge in [-0.25, -0.2) is 0 Å². The van der Waals surface area contributed by atoms with Gasteiger partial charge >= 0.3 is 0 Å². The Morgan fingerprint density at radius 2 is 1.88 bits per heavy atom. The van der Waals surface area contributed by atoms with E-state index in [2.05, 4.69) is 41.4 Å². The SMILES string of the molecule is Cc1cccc(N2CCN(C(=O)c3ccc4c(c3)OCC(=O)N4)CC2)c1. The molecule has 2 aliphatic rings. The first-order chi connectivity index (χ1) is 12.6. The van der Waals surface area contributed by atoms with Crippen LogP contribution in [0.5, 0.6) is 5.75 Å². The van der Waals surface area contributed by atoms with Crippen molar-refractivity contribution in [1.29, 1.82) is 0 Å². The van der Waals surface area contributed by atoms with Crippen molar-refractivity contribution in [2.24, 2.45) is 0 Å². The summed E-state index contributed by atoms with van der Waals surface area (Å²) < 4.78 is 5.41. The molecule has 4 rings (SSSR count). The molecule has 0 radical (unpaired) electrons. The molecule has 0 saturated carbocycles. The van der Waals surface area contributed by atoms with Gasteiger partial charge in [0.1, 0.15) is 5.75 Å². The molecule has 26 heavy (non-hydrogen) atoms. The number of benzene rings is 2. The van der Waals surface area contributed by atoms with Crippen LogP contribution in [0.1, 0.15) is 15.9 Å². The van der Waals surface area contributed by atoms with E-state index in [4.69, 9.17) is 4.74 Å². The van der Waals surface area contributed by atoms with Crippen LogP contribution in [-0.2, 0) is 4.79 Å². The van der Waals surface area contributed by atoms with Crippen LogP contribution in [0, 0.1) is 6.92 Å². The second-order valence-corrected chi connectivity index (χ2v) is 6.67. The molecule has 0 aliphatic carbocycles. The fourth-order valence-electron chi connectivity index (χ4n) is 3.38. The van der Waals surface area contributed by atoms with E-state index in [0.29, 0.717) is 30.1 Å². The number of nitrogens with one attached hydrogen (secondary N) is 1. The molecule has 1 saturated heterocycles. The van der Waals surface area contributed by atoms with E-state index in [-0.39, 0.29) is 18.4 Å². The first-order valence-corrected chi connectivity index (χ1v) is 8.78. The minimum absolute atomic E-state index is 0.00260. The van der Waals surface area contributed by atoms with Crippen molar-refractivity contribution in [1.82, 2.24) is 4.90 Å². The van der Waals surface area contributed by atoms with Gasteiger partial charge in [0.05, 0.1) is 5.69 Å². The molecule has 0 aromatic heterocycles. The lowest BCUT2D eigenvalue weighted by Crippen LogP contribution is -2.48. The minimum atomic E-state index is -0.177. The highest BCUT2D eigenvalue weighted by molar-refractivity contribution is 5.99. The van der Waals surface area contributed by atoms with Crippen molar-refractivity contribution >= 4 is 23.2 Å². The molecule has 0 spiro atoms. The summed E-state index contributed by atoms with van der Waals surface area (Å²) in [6.07, 6.45) is 0. The Balaban J connectivity index is 1.43. The Hall–Kier alpha value is -3.02. The number of rotatable bonds is 2. The number of anilines is 2. The quantitative estimate of drug-likeness (QED) is 0.902. The Labute approximate surface area is 152 Å². The summed E-state index contributed by atoms with van der Waals surface area (Å²) >= 11 is 0. The number of carbonyl (C=O) groups is 2. The zero-order valence-electron chi connectivity index (χ0n) is 14.7. The molecule has 1 fully saturated rings. The Bertz CT molecular complexity index is 857. The van der Waals surface area contributed by atoms with Gasteiger partial charge < -0.3 is 19.9 Å². The predicted octanol–water partition coefficient (Wildman–Crippen LogP) is 2.29.